The minimum absolute atomic E-state index is 0.0168. The van der Waals surface area contributed by atoms with Crippen LogP contribution < -0.4 is 5.32 Å². The van der Waals surface area contributed by atoms with Crippen LogP contribution in [0.25, 0.3) is 0 Å². The molecule has 0 radical (unpaired) electrons. The predicted octanol–water partition coefficient (Wildman–Crippen LogP) is 1.66. The molecular weight excluding hydrogens is 258 g/mol. The molecule has 1 saturated heterocycles. The Morgan fingerprint density at radius 1 is 1.25 bits per heavy atom. The minimum Gasteiger partial charge on any atom is -0.481 e. The molecule has 0 spiro atoms. The van der Waals surface area contributed by atoms with Crippen molar-refractivity contribution in [3.8, 4) is 0 Å². The molecule has 2 rings (SSSR count). The summed E-state index contributed by atoms with van der Waals surface area (Å²) in [5.41, 5.74) is 0. The van der Waals surface area contributed by atoms with Gasteiger partial charge in [-0.05, 0) is 31.6 Å². The molecule has 2 unspecified atom stereocenters. The predicted molar refractivity (Wildman–Crippen MR) is 74.2 cm³/mol. The first kappa shape index (κ1) is 15.3. The molecule has 1 heterocycles. The van der Waals surface area contributed by atoms with Crippen LogP contribution in [0, 0.1) is 23.7 Å². The van der Waals surface area contributed by atoms with Crippen molar-refractivity contribution in [1.82, 2.24) is 5.32 Å². The van der Waals surface area contributed by atoms with Crippen LogP contribution in [-0.2, 0) is 14.3 Å². The largest absolute Gasteiger partial charge is 0.481 e. The normalized spacial score (nSPS) is 33.5. The van der Waals surface area contributed by atoms with Crippen LogP contribution in [0.15, 0.2) is 0 Å². The molecule has 2 fully saturated rings. The number of carbonyl (C=O) groups excluding carboxylic acids is 1. The Kier molecular flexibility index (Phi) is 5.02. The van der Waals surface area contributed by atoms with Crippen LogP contribution in [0.1, 0.15) is 39.5 Å². The lowest BCUT2D eigenvalue weighted by Crippen LogP contribution is -2.37. The maximum absolute atomic E-state index is 12.1. The summed E-state index contributed by atoms with van der Waals surface area (Å²) >= 11 is 0. The summed E-state index contributed by atoms with van der Waals surface area (Å²) in [5, 5.41) is 12.0. The average molecular weight is 283 g/mol. The third kappa shape index (κ3) is 3.51. The van der Waals surface area contributed by atoms with Crippen molar-refractivity contribution in [3.63, 3.8) is 0 Å². The Labute approximate surface area is 120 Å². The Morgan fingerprint density at radius 2 is 1.95 bits per heavy atom. The van der Waals surface area contributed by atoms with E-state index in [0.29, 0.717) is 37.6 Å². The van der Waals surface area contributed by atoms with Crippen molar-refractivity contribution >= 4 is 11.9 Å². The molecular formula is C15H25NO4. The van der Waals surface area contributed by atoms with Gasteiger partial charge in [0.05, 0.1) is 12.0 Å². The third-order valence-corrected chi connectivity index (χ3v) is 4.61. The molecule has 1 aliphatic carbocycles. The number of ether oxygens (including phenoxy) is 1. The quantitative estimate of drug-likeness (QED) is 0.804. The minimum atomic E-state index is -0.774. The van der Waals surface area contributed by atoms with E-state index in [4.69, 9.17) is 9.84 Å². The van der Waals surface area contributed by atoms with Gasteiger partial charge in [0.2, 0.25) is 5.91 Å². The number of rotatable bonds is 5. The van der Waals surface area contributed by atoms with E-state index >= 15 is 0 Å². The molecule has 114 valence electrons. The summed E-state index contributed by atoms with van der Waals surface area (Å²) in [6.45, 7) is 5.70. The molecule has 0 bridgehead atoms. The summed E-state index contributed by atoms with van der Waals surface area (Å²) in [5.74, 6) is -0.384. The molecule has 0 aromatic carbocycles. The lowest BCUT2D eigenvalue weighted by molar-refractivity contribution is -0.141. The van der Waals surface area contributed by atoms with Gasteiger partial charge in [-0.2, -0.15) is 0 Å². The van der Waals surface area contributed by atoms with Gasteiger partial charge in [-0.3, -0.25) is 9.59 Å². The molecule has 1 aliphatic heterocycles. The highest BCUT2D eigenvalue weighted by Gasteiger charge is 2.35. The zero-order valence-electron chi connectivity index (χ0n) is 12.3. The first-order valence-electron chi connectivity index (χ1n) is 7.61. The van der Waals surface area contributed by atoms with E-state index in [1.165, 1.54) is 0 Å². The molecule has 20 heavy (non-hydrogen) atoms. The summed E-state index contributed by atoms with van der Waals surface area (Å²) < 4.78 is 5.70. The highest BCUT2D eigenvalue weighted by Crippen LogP contribution is 2.31. The third-order valence-electron chi connectivity index (χ3n) is 4.61. The standard InChI is InChI=1S/C15H25NO4/c1-9(2)13-12(5-6-20-13)8-16-14(17)10-3-4-11(7-10)15(18)19/h9-13H,3-8H2,1-2H3,(H,16,17)(H,18,19)/t10-,11+,12?,13?/m1/s1. The Morgan fingerprint density at radius 3 is 2.55 bits per heavy atom. The van der Waals surface area contributed by atoms with Gasteiger partial charge in [0.15, 0.2) is 0 Å². The maximum Gasteiger partial charge on any atom is 0.306 e. The van der Waals surface area contributed by atoms with Crippen LogP contribution in [0.5, 0.6) is 0 Å². The van der Waals surface area contributed by atoms with Crippen LogP contribution in [-0.4, -0.2) is 36.2 Å². The highest BCUT2D eigenvalue weighted by molar-refractivity contribution is 5.80. The fraction of sp³-hybridized carbons (Fsp3) is 0.867. The number of aliphatic carboxylic acids is 1. The Hall–Kier alpha value is -1.10. The lowest BCUT2D eigenvalue weighted by Gasteiger charge is -2.22. The van der Waals surface area contributed by atoms with Gasteiger partial charge < -0.3 is 15.2 Å². The van der Waals surface area contributed by atoms with E-state index < -0.39 is 5.97 Å². The van der Waals surface area contributed by atoms with Gasteiger partial charge in [-0.25, -0.2) is 0 Å². The van der Waals surface area contributed by atoms with E-state index in [2.05, 4.69) is 19.2 Å². The molecule has 5 nitrogen and oxygen atoms in total. The second-order valence-electron chi connectivity index (χ2n) is 6.42. The summed E-state index contributed by atoms with van der Waals surface area (Å²) in [7, 11) is 0. The Bertz CT molecular complexity index is 369. The van der Waals surface area contributed by atoms with Crippen molar-refractivity contribution in [1.29, 1.82) is 0 Å². The zero-order valence-corrected chi connectivity index (χ0v) is 12.3. The van der Waals surface area contributed by atoms with Gasteiger partial charge in [0.25, 0.3) is 0 Å². The fourth-order valence-corrected chi connectivity index (χ4v) is 3.43. The van der Waals surface area contributed by atoms with Crippen LogP contribution in [0.3, 0.4) is 0 Å². The van der Waals surface area contributed by atoms with E-state index in [1.807, 2.05) is 0 Å². The summed E-state index contributed by atoms with van der Waals surface area (Å²) in [4.78, 5) is 23.0. The molecule has 0 aromatic rings. The van der Waals surface area contributed by atoms with Gasteiger partial charge in [0.1, 0.15) is 0 Å². The molecule has 0 aromatic heterocycles. The van der Waals surface area contributed by atoms with Gasteiger partial charge in [-0.15, -0.1) is 0 Å². The summed E-state index contributed by atoms with van der Waals surface area (Å²) in [6, 6.07) is 0. The molecule has 1 amide bonds. The number of amides is 1. The smallest absolute Gasteiger partial charge is 0.306 e. The van der Waals surface area contributed by atoms with Crippen molar-refractivity contribution in [3.05, 3.63) is 0 Å². The SMILES string of the molecule is CC(C)C1OCCC1CNC(=O)[C@@H]1CC[C@H](C(=O)O)C1. The van der Waals surface area contributed by atoms with Crippen molar-refractivity contribution in [2.45, 2.75) is 45.6 Å². The first-order chi connectivity index (χ1) is 9.49. The molecule has 2 N–H and O–H groups in total. The summed E-state index contributed by atoms with van der Waals surface area (Å²) in [6.07, 6.45) is 3.01. The van der Waals surface area contributed by atoms with Gasteiger partial charge in [-0.1, -0.05) is 13.8 Å². The number of carbonyl (C=O) groups is 2. The van der Waals surface area contributed by atoms with E-state index in [1.54, 1.807) is 0 Å². The van der Waals surface area contributed by atoms with Crippen LogP contribution in [0.4, 0.5) is 0 Å². The Balaban J connectivity index is 1.77. The van der Waals surface area contributed by atoms with Gasteiger partial charge >= 0.3 is 5.97 Å². The van der Waals surface area contributed by atoms with Gasteiger partial charge in [0, 0.05) is 25.0 Å². The lowest BCUT2D eigenvalue weighted by atomic mass is 9.93. The molecule has 4 atom stereocenters. The highest BCUT2D eigenvalue weighted by atomic mass is 16.5. The zero-order chi connectivity index (χ0) is 14.7. The molecule has 5 heteroatoms. The average Bonchev–Trinajstić information content (AvgIpc) is 3.04. The number of carboxylic acid groups (broad SMARTS) is 1. The second-order valence-corrected chi connectivity index (χ2v) is 6.42. The second kappa shape index (κ2) is 6.57. The number of hydrogen-bond acceptors (Lipinski definition) is 3. The van der Waals surface area contributed by atoms with Crippen molar-refractivity contribution < 1.29 is 19.4 Å². The number of carboxylic acids is 1. The first-order valence-corrected chi connectivity index (χ1v) is 7.61. The number of hydrogen-bond donors (Lipinski definition) is 2. The van der Waals surface area contributed by atoms with Crippen molar-refractivity contribution in [2.24, 2.45) is 23.7 Å². The van der Waals surface area contributed by atoms with Crippen molar-refractivity contribution in [2.75, 3.05) is 13.2 Å². The molecule has 1 saturated carbocycles. The van der Waals surface area contributed by atoms with E-state index in [9.17, 15) is 9.59 Å². The topological polar surface area (TPSA) is 75.6 Å². The molecule has 2 aliphatic rings. The van der Waals surface area contributed by atoms with E-state index in [0.717, 1.165) is 13.0 Å². The van der Waals surface area contributed by atoms with E-state index in [-0.39, 0.29) is 23.8 Å². The fourth-order valence-electron chi connectivity index (χ4n) is 3.43. The van der Waals surface area contributed by atoms with Crippen LogP contribution >= 0.6 is 0 Å². The maximum atomic E-state index is 12.1. The van der Waals surface area contributed by atoms with Crippen LogP contribution in [0.2, 0.25) is 0 Å². The number of nitrogens with one attached hydrogen (secondary N) is 1. The monoisotopic (exact) mass is 283 g/mol.